The SMILES string of the molecule is CCCCCC1(CN)COc2ccccc2C1. The van der Waals surface area contributed by atoms with E-state index in [2.05, 4.69) is 25.1 Å². The first kappa shape index (κ1) is 12.4. The molecule has 94 valence electrons. The van der Waals surface area contributed by atoms with Gasteiger partial charge in [-0.2, -0.15) is 0 Å². The largest absolute Gasteiger partial charge is 0.493 e. The average molecular weight is 233 g/mol. The molecule has 0 aromatic heterocycles. The second-order valence-electron chi connectivity index (χ2n) is 5.23. The van der Waals surface area contributed by atoms with Crippen molar-refractivity contribution in [1.29, 1.82) is 0 Å². The zero-order valence-electron chi connectivity index (χ0n) is 10.7. The first-order valence-corrected chi connectivity index (χ1v) is 6.70. The minimum atomic E-state index is 0.170. The van der Waals surface area contributed by atoms with Gasteiger partial charge >= 0.3 is 0 Å². The summed E-state index contributed by atoms with van der Waals surface area (Å²) in [5.74, 6) is 1.05. The minimum Gasteiger partial charge on any atom is -0.493 e. The fourth-order valence-corrected chi connectivity index (χ4v) is 2.62. The monoisotopic (exact) mass is 233 g/mol. The lowest BCUT2D eigenvalue weighted by Gasteiger charge is -2.37. The molecule has 2 N–H and O–H groups in total. The van der Waals surface area contributed by atoms with Gasteiger partial charge in [-0.15, -0.1) is 0 Å². The molecule has 0 spiro atoms. The second-order valence-corrected chi connectivity index (χ2v) is 5.23. The maximum absolute atomic E-state index is 6.00. The topological polar surface area (TPSA) is 35.2 Å². The third-order valence-electron chi connectivity index (χ3n) is 3.82. The fourth-order valence-electron chi connectivity index (χ4n) is 2.62. The Kier molecular flexibility index (Phi) is 4.06. The van der Waals surface area contributed by atoms with Crippen LogP contribution in [0, 0.1) is 5.41 Å². The molecule has 17 heavy (non-hydrogen) atoms. The van der Waals surface area contributed by atoms with Crippen LogP contribution in [0.5, 0.6) is 5.75 Å². The van der Waals surface area contributed by atoms with Crippen molar-refractivity contribution in [1.82, 2.24) is 0 Å². The van der Waals surface area contributed by atoms with Crippen molar-refractivity contribution in [3.63, 3.8) is 0 Å². The summed E-state index contributed by atoms with van der Waals surface area (Å²) >= 11 is 0. The molecule has 1 aliphatic heterocycles. The van der Waals surface area contributed by atoms with Gasteiger partial charge in [0.05, 0.1) is 6.61 Å². The number of ether oxygens (including phenoxy) is 1. The lowest BCUT2D eigenvalue weighted by molar-refractivity contribution is 0.114. The fraction of sp³-hybridized carbons (Fsp3) is 0.600. The standard InChI is InChI=1S/C15H23NO/c1-2-3-6-9-15(11-16)10-13-7-4-5-8-14(13)17-12-15/h4-5,7-8H,2-3,6,9-12,16H2,1H3. The van der Waals surface area contributed by atoms with Gasteiger partial charge in [-0.25, -0.2) is 0 Å². The zero-order valence-corrected chi connectivity index (χ0v) is 10.7. The number of benzene rings is 1. The van der Waals surface area contributed by atoms with Crippen LogP contribution in [0.2, 0.25) is 0 Å². The Balaban J connectivity index is 2.06. The molecule has 0 saturated heterocycles. The minimum absolute atomic E-state index is 0.170. The number of fused-ring (bicyclic) bond motifs is 1. The maximum atomic E-state index is 6.00. The number of unbranched alkanes of at least 4 members (excludes halogenated alkanes) is 2. The number of hydrogen-bond acceptors (Lipinski definition) is 2. The van der Waals surface area contributed by atoms with Gasteiger partial charge in [-0.05, 0) is 24.5 Å². The van der Waals surface area contributed by atoms with Crippen LogP contribution in [0.3, 0.4) is 0 Å². The van der Waals surface area contributed by atoms with Gasteiger partial charge in [-0.1, -0.05) is 44.4 Å². The van der Waals surface area contributed by atoms with Gasteiger partial charge in [0.25, 0.3) is 0 Å². The van der Waals surface area contributed by atoms with Crippen molar-refractivity contribution in [3.8, 4) is 5.75 Å². The molecular formula is C15H23NO. The predicted molar refractivity (Wildman–Crippen MR) is 71.3 cm³/mol. The first-order chi connectivity index (χ1) is 8.29. The highest BCUT2D eigenvalue weighted by atomic mass is 16.5. The molecule has 1 atom stereocenters. The normalized spacial score (nSPS) is 22.9. The smallest absolute Gasteiger partial charge is 0.122 e. The Morgan fingerprint density at radius 1 is 1.29 bits per heavy atom. The van der Waals surface area contributed by atoms with Crippen LogP contribution in [0.4, 0.5) is 0 Å². The highest BCUT2D eigenvalue weighted by Gasteiger charge is 2.33. The van der Waals surface area contributed by atoms with Crippen LogP contribution in [-0.4, -0.2) is 13.2 Å². The Bertz CT molecular complexity index is 364. The van der Waals surface area contributed by atoms with Gasteiger partial charge in [0.1, 0.15) is 5.75 Å². The van der Waals surface area contributed by atoms with Crippen LogP contribution < -0.4 is 10.5 Å². The second kappa shape index (κ2) is 5.54. The van der Waals surface area contributed by atoms with Gasteiger partial charge < -0.3 is 10.5 Å². The quantitative estimate of drug-likeness (QED) is 0.793. The summed E-state index contributed by atoms with van der Waals surface area (Å²) in [6.07, 6.45) is 6.08. The summed E-state index contributed by atoms with van der Waals surface area (Å²) in [5, 5.41) is 0. The van der Waals surface area contributed by atoms with E-state index >= 15 is 0 Å². The summed E-state index contributed by atoms with van der Waals surface area (Å²) < 4.78 is 5.88. The highest BCUT2D eigenvalue weighted by Crippen LogP contribution is 2.37. The molecule has 0 bridgehead atoms. The van der Waals surface area contributed by atoms with Crippen LogP contribution in [-0.2, 0) is 6.42 Å². The molecule has 0 saturated carbocycles. The van der Waals surface area contributed by atoms with E-state index in [0.717, 1.165) is 25.3 Å². The molecule has 1 aromatic rings. The van der Waals surface area contributed by atoms with E-state index < -0.39 is 0 Å². The summed E-state index contributed by atoms with van der Waals surface area (Å²) in [4.78, 5) is 0. The van der Waals surface area contributed by atoms with E-state index in [-0.39, 0.29) is 5.41 Å². The van der Waals surface area contributed by atoms with Crippen LogP contribution in [0.15, 0.2) is 24.3 Å². The number of rotatable bonds is 5. The van der Waals surface area contributed by atoms with Gasteiger partial charge in [0, 0.05) is 12.0 Å². The summed E-state index contributed by atoms with van der Waals surface area (Å²) in [7, 11) is 0. The van der Waals surface area contributed by atoms with Gasteiger partial charge in [0.15, 0.2) is 0 Å². The molecule has 0 aliphatic carbocycles. The van der Waals surface area contributed by atoms with E-state index in [1.807, 2.05) is 6.07 Å². The molecule has 2 rings (SSSR count). The van der Waals surface area contributed by atoms with Crippen molar-refractivity contribution in [3.05, 3.63) is 29.8 Å². The van der Waals surface area contributed by atoms with E-state index in [1.54, 1.807) is 0 Å². The molecule has 1 aromatic carbocycles. The molecule has 0 amide bonds. The molecule has 1 heterocycles. The van der Waals surface area contributed by atoms with E-state index in [9.17, 15) is 0 Å². The molecule has 0 radical (unpaired) electrons. The lowest BCUT2D eigenvalue weighted by Crippen LogP contribution is -2.41. The molecule has 1 aliphatic rings. The van der Waals surface area contributed by atoms with Crippen LogP contribution in [0.1, 0.15) is 38.2 Å². The van der Waals surface area contributed by atoms with Gasteiger partial charge in [-0.3, -0.25) is 0 Å². The third-order valence-corrected chi connectivity index (χ3v) is 3.82. The third kappa shape index (κ3) is 2.81. The van der Waals surface area contributed by atoms with E-state index in [4.69, 9.17) is 10.5 Å². The zero-order chi connectivity index (χ0) is 12.1. The van der Waals surface area contributed by atoms with Crippen LogP contribution in [0.25, 0.3) is 0 Å². The Morgan fingerprint density at radius 3 is 2.88 bits per heavy atom. The summed E-state index contributed by atoms with van der Waals surface area (Å²) in [6.45, 7) is 3.75. The van der Waals surface area contributed by atoms with Crippen molar-refractivity contribution >= 4 is 0 Å². The van der Waals surface area contributed by atoms with Crippen molar-refractivity contribution in [2.45, 2.75) is 39.0 Å². The average Bonchev–Trinajstić information content (AvgIpc) is 2.39. The molecule has 2 nitrogen and oxygen atoms in total. The molecular weight excluding hydrogens is 210 g/mol. The predicted octanol–water partition coefficient (Wildman–Crippen LogP) is 3.15. The highest BCUT2D eigenvalue weighted by molar-refractivity contribution is 5.36. The molecule has 2 heteroatoms. The Hall–Kier alpha value is -1.02. The molecule has 0 fully saturated rings. The Morgan fingerprint density at radius 2 is 2.12 bits per heavy atom. The summed E-state index contributed by atoms with van der Waals surface area (Å²) in [6, 6.07) is 8.34. The van der Waals surface area contributed by atoms with Gasteiger partial charge in [0.2, 0.25) is 0 Å². The van der Waals surface area contributed by atoms with Crippen molar-refractivity contribution < 1.29 is 4.74 Å². The number of hydrogen-bond donors (Lipinski definition) is 1. The number of nitrogens with two attached hydrogens (primary N) is 1. The first-order valence-electron chi connectivity index (χ1n) is 6.70. The maximum Gasteiger partial charge on any atom is 0.122 e. The summed E-state index contributed by atoms with van der Waals surface area (Å²) in [5.41, 5.74) is 7.49. The number of para-hydroxylation sites is 1. The molecule has 1 unspecified atom stereocenters. The van der Waals surface area contributed by atoms with Crippen molar-refractivity contribution in [2.24, 2.45) is 11.1 Å². The van der Waals surface area contributed by atoms with E-state index in [0.29, 0.717) is 0 Å². The lowest BCUT2D eigenvalue weighted by atomic mass is 9.76. The van der Waals surface area contributed by atoms with E-state index in [1.165, 1.54) is 31.2 Å². The van der Waals surface area contributed by atoms with Crippen LogP contribution >= 0.6 is 0 Å². The Labute approximate surface area is 104 Å². The van der Waals surface area contributed by atoms with Crippen molar-refractivity contribution in [2.75, 3.05) is 13.2 Å².